The number of morpholine rings is 1. The third kappa shape index (κ3) is 2.89. The highest BCUT2D eigenvalue weighted by molar-refractivity contribution is 7.89. The van der Waals surface area contributed by atoms with Gasteiger partial charge in [-0.1, -0.05) is 0 Å². The summed E-state index contributed by atoms with van der Waals surface area (Å²) in [4.78, 5) is -0.676. The molecule has 0 spiro atoms. The van der Waals surface area contributed by atoms with Crippen molar-refractivity contribution < 1.29 is 21.9 Å². The monoisotopic (exact) mass is 311 g/mol. The summed E-state index contributed by atoms with van der Waals surface area (Å²) in [6.45, 7) is 0.402. The Morgan fingerprint density at radius 1 is 1.42 bits per heavy atom. The third-order valence-corrected chi connectivity index (χ3v) is 5.15. The molecule has 0 N–H and O–H groups in total. The van der Waals surface area contributed by atoms with Crippen molar-refractivity contribution in [3.63, 3.8) is 0 Å². The standard InChI is InChI=1S/C11H12ClF2NO3S/c12-6-9-7-18-4-3-15(9)19(16,17)11-5-8(13)1-2-10(11)14/h1-2,5,9H,3-4,6-7H2. The number of hydrogen-bond acceptors (Lipinski definition) is 3. The van der Waals surface area contributed by atoms with Gasteiger partial charge in [-0.3, -0.25) is 0 Å². The van der Waals surface area contributed by atoms with Gasteiger partial charge in [0.25, 0.3) is 0 Å². The van der Waals surface area contributed by atoms with Crippen molar-refractivity contribution in [2.75, 3.05) is 25.6 Å². The van der Waals surface area contributed by atoms with E-state index < -0.39 is 32.6 Å². The Morgan fingerprint density at radius 3 is 2.84 bits per heavy atom. The fourth-order valence-electron chi connectivity index (χ4n) is 1.88. The van der Waals surface area contributed by atoms with Gasteiger partial charge in [-0.2, -0.15) is 4.31 Å². The maximum atomic E-state index is 13.6. The van der Waals surface area contributed by atoms with Crippen LogP contribution in [-0.4, -0.2) is 44.4 Å². The van der Waals surface area contributed by atoms with Gasteiger partial charge in [0.1, 0.15) is 16.5 Å². The van der Waals surface area contributed by atoms with Gasteiger partial charge in [0.05, 0.1) is 19.3 Å². The summed E-state index contributed by atoms with van der Waals surface area (Å²) in [6.07, 6.45) is 0. The number of nitrogens with zero attached hydrogens (tertiary/aromatic N) is 1. The van der Waals surface area contributed by atoms with E-state index in [0.717, 1.165) is 16.4 Å². The molecule has 0 radical (unpaired) electrons. The van der Waals surface area contributed by atoms with E-state index in [0.29, 0.717) is 6.07 Å². The van der Waals surface area contributed by atoms with Crippen LogP contribution in [0.5, 0.6) is 0 Å². The van der Waals surface area contributed by atoms with Crippen LogP contribution in [-0.2, 0) is 14.8 Å². The van der Waals surface area contributed by atoms with Crippen molar-refractivity contribution in [2.45, 2.75) is 10.9 Å². The first-order valence-electron chi connectivity index (χ1n) is 5.57. The van der Waals surface area contributed by atoms with Gasteiger partial charge in [0.2, 0.25) is 10.0 Å². The fraction of sp³-hybridized carbons (Fsp3) is 0.455. The highest BCUT2D eigenvalue weighted by Gasteiger charge is 2.35. The van der Waals surface area contributed by atoms with E-state index in [4.69, 9.17) is 16.3 Å². The highest BCUT2D eigenvalue weighted by Crippen LogP contribution is 2.24. The first-order chi connectivity index (χ1) is 8.96. The zero-order valence-electron chi connectivity index (χ0n) is 9.85. The van der Waals surface area contributed by atoms with Crippen LogP contribution in [0.3, 0.4) is 0 Å². The van der Waals surface area contributed by atoms with Crippen molar-refractivity contribution in [1.29, 1.82) is 0 Å². The van der Waals surface area contributed by atoms with E-state index in [2.05, 4.69) is 0 Å². The lowest BCUT2D eigenvalue weighted by Gasteiger charge is -2.33. The number of hydrogen-bond donors (Lipinski definition) is 0. The second-order valence-corrected chi connectivity index (χ2v) is 6.24. The molecule has 1 heterocycles. The lowest BCUT2D eigenvalue weighted by molar-refractivity contribution is 0.0403. The van der Waals surface area contributed by atoms with E-state index in [9.17, 15) is 17.2 Å². The first kappa shape index (κ1) is 14.6. The molecule has 1 fully saturated rings. The topological polar surface area (TPSA) is 46.6 Å². The highest BCUT2D eigenvalue weighted by atomic mass is 35.5. The zero-order chi connectivity index (χ0) is 14.0. The van der Waals surface area contributed by atoms with Crippen LogP contribution in [0.25, 0.3) is 0 Å². The van der Waals surface area contributed by atoms with Gasteiger partial charge in [-0.25, -0.2) is 17.2 Å². The van der Waals surface area contributed by atoms with Crippen LogP contribution in [0.1, 0.15) is 0 Å². The van der Waals surface area contributed by atoms with E-state index in [1.807, 2.05) is 0 Å². The second-order valence-electron chi connectivity index (χ2n) is 4.07. The molecule has 1 aliphatic heterocycles. The Labute approximate surface area is 115 Å². The molecule has 0 aromatic heterocycles. The van der Waals surface area contributed by atoms with Crippen molar-refractivity contribution in [3.8, 4) is 0 Å². The van der Waals surface area contributed by atoms with Crippen LogP contribution in [0.15, 0.2) is 23.1 Å². The summed E-state index contributed by atoms with van der Waals surface area (Å²) < 4.78 is 57.6. The molecule has 4 nitrogen and oxygen atoms in total. The van der Waals surface area contributed by atoms with Crippen molar-refractivity contribution >= 4 is 21.6 Å². The van der Waals surface area contributed by atoms with Gasteiger partial charge < -0.3 is 4.74 Å². The average Bonchev–Trinajstić information content (AvgIpc) is 2.41. The minimum atomic E-state index is -4.12. The molecule has 1 unspecified atom stereocenters. The maximum absolute atomic E-state index is 13.6. The van der Waals surface area contributed by atoms with Gasteiger partial charge in [-0.05, 0) is 18.2 Å². The minimum absolute atomic E-state index is 0.0240. The zero-order valence-corrected chi connectivity index (χ0v) is 11.4. The Balaban J connectivity index is 2.43. The molecular weight excluding hydrogens is 300 g/mol. The van der Waals surface area contributed by atoms with Crippen LogP contribution in [0, 0.1) is 11.6 Å². The predicted molar refractivity (Wildman–Crippen MR) is 65.6 cm³/mol. The Kier molecular flexibility index (Phi) is 4.39. The van der Waals surface area contributed by atoms with E-state index in [1.165, 1.54) is 0 Å². The number of rotatable bonds is 3. The molecule has 106 valence electrons. The van der Waals surface area contributed by atoms with Crippen LogP contribution in [0.2, 0.25) is 0 Å². The summed E-state index contributed by atoms with van der Waals surface area (Å²) in [5.74, 6) is -1.77. The number of sulfonamides is 1. The maximum Gasteiger partial charge on any atom is 0.246 e. The van der Waals surface area contributed by atoms with Crippen molar-refractivity contribution in [3.05, 3.63) is 29.8 Å². The summed E-state index contributed by atoms with van der Waals surface area (Å²) in [6, 6.07) is 1.75. The molecule has 1 aromatic carbocycles. The van der Waals surface area contributed by atoms with Gasteiger partial charge in [-0.15, -0.1) is 11.6 Å². The van der Waals surface area contributed by atoms with Crippen molar-refractivity contribution in [1.82, 2.24) is 4.31 Å². The fourth-order valence-corrected chi connectivity index (χ4v) is 3.89. The summed E-state index contributed by atoms with van der Waals surface area (Å²) in [5.41, 5.74) is 0. The molecule has 0 amide bonds. The molecule has 19 heavy (non-hydrogen) atoms. The van der Waals surface area contributed by atoms with Crippen LogP contribution in [0.4, 0.5) is 8.78 Å². The summed E-state index contributed by atoms with van der Waals surface area (Å²) in [7, 11) is -4.12. The number of ether oxygens (including phenoxy) is 1. The molecule has 1 atom stereocenters. The Morgan fingerprint density at radius 2 is 2.16 bits per heavy atom. The lowest BCUT2D eigenvalue weighted by Crippen LogP contribution is -2.49. The molecule has 1 aromatic rings. The average molecular weight is 312 g/mol. The SMILES string of the molecule is O=S(=O)(c1cc(F)ccc1F)N1CCOCC1CCl. The van der Waals surface area contributed by atoms with Gasteiger partial charge >= 0.3 is 0 Å². The predicted octanol–water partition coefficient (Wildman–Crippen LogP) is 1.59. The molecule has 0 bridgehead atoms. The van der Waals surface area contributed by atoms with Crippen LogP contribution < -0.4 is 0 Å². The van der Waals surface area contributed by atoms with Gasteiger partial charge in [0.15, 0.2) is 0 Å². The number of alkyl halides is 1. The van der Waals surface area contributed by atoms with Gasteiger partial charge in [0, 0.05) is 12.4 Å². The number of benzene rings is 1. The molecule has 1 aliphatic rings. The van der Waals surface area contributed by atoms with E-state index in [-0.39, 0.29) is 25.6 Å². The largest absolute Gasteiger partial charge is 0.378 e. The molecule has 1 saturated heterocycles. The second kappa shape index (κ2) is 5.70. The van der Waals surface area contributed by atoms with Crippen molar-refractivity contribution in [2.24, 2.45) is 0 Å². The smallest absolute Gasteiger partial charge is 0.246 e. The lowest BCUT2D eigenvalue weighted by atomic mass is 10.3. The van der Waals surface area contributed by atoms with E-state index in [1.54, 1.807) is 0 Å². The summed E-state index contributed by atoms with van der Waals surface area (Å²) in [5, 5.41) is 0. The first-order valence-corrected chi connectivity index (χ1v) is 7.55. The molecule has 8 heteroatoms. The minimum Gasteiger partial charge on any atom is -0.378 e. The summed E-state index contributed by atoms with van der Waals surface area (Å²) >= 11 is 5.69. The Hall–Kier alpha value is -0.760. The molecular formula is C11H12ClF2NO3S. The molecule has 0 saturated carbocycles. The normalized spacial score (nSPS) is 21.5. The van der Waals surface area contributed by atoms with Crippen LogP contribution >= 0.6 is 11.6 Å². The van der Waals surface area contributed by atoms with E-state index >= 15 is 0 Å². The quantitative estimate of drug-likeness (QED) is 0.797. The molecule has 2 rings (SSSR count). The Bertz CT molecular complexity index is 567. The third-order valence-electron chi connectivity index (χ3n) is 2.83. The number of halogens is 3. The molecule has 0 aliphatic carbocycles.